The van der Waals surface area contributed by atoms with Crippen LogP contribution >= 0.6 is 0 Å². The normalized spacial score (nSPS) is 12.2. The van der Waals surface area contributed by atoms with Crippen LogP contribution in [0.25, 0.3) is 5.65 Å². The number of halogens is 3. The average molecular weight is 231 g/mol. The van der Waals surface area contributed by atoms with Crippen molar-refractivity contribution in [2.75, 3.05) is 6.54 Å². The van der Waals surface area contributed by atoms with Gasteiger partial charge in [0.1, 0.15) is 0 Å². The van der Waals surface area contributed by atoms with Crippen molar-refractivity contribution >= 4 is 5.65 Å². The lowest BCUT2D eigenvalue weighted by atomic mass is 10.5. The molecule has 0 spiro atoms. The van der Waals surface area contributed by atoms with Gasteiger partial charge in [0.25, 0.3) is 0 Å². The summed E-state index contributed by atoms with van der Waals surface area (Å²) in [7, 11) is 0. The largest absolute Gasteiger partial charge is 0.401 e. The standard InChI is InChI=1S/C8H8F3N5/c9-8(10,11)5-13-4-7-15-14-6-3-12-1-2-16(6)7/h1-3,13H,4-5H2. The van der Waals surface area contributed by atoms with Crippen molar-refractivity contribution in [2.45, 2.75) is 12.7 Å². The Kier molecular flexibility index (Phi) is 2.73. The van der Waals surface area contributed by atoms with E-state index in [-0.39, 0.29) is 6.54 Å². The molecule has 0 aliphatic rings. The van der Waals surface area contributed by atoms with Gasteiger partial charge in [0, 0.05) is 12.4 Å². The molecule has 0 aromatic carbocycles. The minimum atomic E-state index is -4.22. The maximum absolute atomic E-state index is 11.9. The molecule has 0 saturated heterocycles. The zero-order valence-electron chi connectivity index (χ0n) is 8.07. The molecule has 2 aromatic heterocycles. The van der Waals surface area contributed by atoms with Crippen molar-refractivity contribution in [3.05, 3.63) is 24.4 Å². The van der Waals surface area contributed by atoms with Gasteiger partial charge in [0.05, 0.1) is 19.3 Å². The number of rotatable bonds is 3. The van der Waals surface area contributed by atoms with Gasteiger partial charge in [-0.15, -0.1) is 10.2 Å². The van der Waals surface area contributed by atoms with Crippen LogP contribution < -0.4 is 5.32 Å². The van der Waals surface area contributed by atoms with Crippen molar-refractivity contribution < 1.29 is 13.2 Å². The molecule has 16 heavy (non-hydrogen) atoms. The molecule has 0 atom stereocenters. The van der Waals surface area contributed by atoms with Crippen LogP contribution in [0.15, 0.2) is 18.6 Å². The number of fused-ring (bicyclic) bond motifs is 1. The second-order valence-corrected chi connectivity index (χ2v) is 3.14. The molecule has 2 rings (SSSR count). The third-order valence-corrected chi connectivity index (χ3v) is 1.89. The van der Waals surface area contributed by atoms with E-state index in [0.29, 0.717) is 11.5 Å². The van der Waals surface area contributed by atoms with Crippen LogP contribution in [0.4, 0.5) is 13.2 Å². The third-order valence-electron chi connectivity index (χ3n) is 1.89. The van der Waals surface area contributed by atoms with Crippen LogP contribution in [0.3, 0.4) is 0 Å². The molecule has 0 aliphatic carbocycles. The van der Waals surface area contributed by atoms with Gasteiger partial charge in [-0.25, -0.2) is 0 Å². The minimum Gasteiger partial charge on any atom is -0.302 e. The summed E-state index contributed by atoms with van der Waals surface area (Å²) in [5, 5.41) is 9.77. The smallest absolute Gasteiger partial charge is 0.302 e. The average Bonchev–Trinajstić information content (AvgIpc) is 2.60. The predicted molar refractivity (Wildman–Crippen MR) is 48.5 cm³/mol. The maximum atomic E-state index is 11.9. The molecule has 0 unspecified atom stereocenters. The van der Waals surface area contributed by atoms with Gasteiger partial charge in [0.2, 0.25) is 0 Å². The molecular formula is C8H8F3N5. The molecule has 1 N–H and O–H groups in total. The first kappa shape index (κ1) is 10.8. The lowest BCUT2D eigenvalue weighted by molar-refractivity contribution is -0.125. The fourth-order valence-corrected chi connectivity index (χ4v) is 1.24. The van der Waals surface area contributed by atoms with Gasteiger partial charge >= 0.3 is 6.18 Å². The number of alkyl halides is 3. The first-order valence-corrected chi connectivity index (χ1v) is 4.47. The quantitative estimate of drug-likeness (QED) is 0.848. The zero-order valence-corrected chi connectivity index (χ0v) is 8.07. The van der Waals surface area contributed by atoms with Crippen LogP contribution in [-0.2, 0) is 6.54 Å². The highest BCUT2D eigenvalue weighted by Gasteiger charge is 2.26. The van der Waals surface area contributed by atoms with Gasteiger partial charge in [0.15, 0.2) is 11.5 Å². The van der Waals surface area contributed by atoms with Crippen molar-refractivity contribution in [1.82, 2.24) is 24.9 Å². The van der Waals surface area contributed by atoms with E-state index in [0.717, 1.165) is 0 Å². The van der Waals surface area contributed by atoms with Crippen LogP contribution in [0.2, 0.25) is 0 Å². The summed E-state index contributed by atoms with van der Waals surface area (Å²) in [6.07, 6.45) is 0.381. The number of hydrogen-bond donors (Lipinski definition) is 1. The minimum absolute atomic E-state index is 0.00465. The number of nitrogens with zero attached hydrogens (tertiary/aromatic N) is 4. The topological polar surface area (TPSA) is 55.1 Å². The Morgan fingerprint density at radius 1 is 1.31 bits per heavy atom. The lowest BCUT2D eigenvalue weighted by Gasteiger charge is -2.06. The van der Waals surface area contributed by atoms with Gasteiger partial charge in [-0.2, -0.15) is 13.2 Å². The molecule has 0 bridgehead atoms. The molecule has 5 nitrogen and oxygen atoms in total. The fraction of sp³-hybridized carbons (Fsp3) is 0.375. The molecule has 0 saturated carbocycles. The monoisotopic (exact) mass is 231 g/mol. The Bertz CT molecular complexity index is 478. The molecule has 0 amide bonds. The van der Waals surface area contributed by atoms with Crippen LogP contribution in [0.5, 0.6) is 0 Å². The summed E-state index contributed by atoms with van der Waals surface area (Å²) < 4.78 is 37.2. The first-order chi connectivity index (χ1) is 7.56. The Labute approximate surface area is 88.3 Å². The van der Waals surface area contributed by atoms with Crippen molar-refractivity contribution in [2.24, 2.45) is 0 Å². The van der Waals surface area contributed by atoms with Gasteiger partial charge in [-0.05, 0) is 0 Å². The van der Waals surface area contributed by atoms with E-state index < -0.39 is 12.7 Å². The highest BCUT2D eigenvalue weighted by Crippen LogP contribution is 2.12. The van der Waals surface area contributed by atoms with Crippen molar-refractivity contribution in [1.29, 1.82) is 0 Å². The van der Waals surface area contributed by atoms with Crippen LogP contribution in [-0.4, -0.2) is 32.3 Å². The van der Waals surface area contributed by atoms with E-state index in [2.05, 4.69) is 20.5 Å². The van der Waals surface area contributed by atoms with Crippen molar-refractivity contribution in [3.63, 3.8) is 0 Å². The SMILES string of the molecule is FC(F)(F)CNCc1nnc2cnccn12. The van der Waals surface area contributed by atoms with E-state index >= 15 is 0 Å². The first-order valence-electron chi connectivity index (χ1n) is 4.47. The maximum Gasteiger partial charge on any atom is 0.401 e. The fourth-order valence-electron chi connectivity index (χ4n) is 1.24. The number of nitrogens with one attached hydrogen (secondary N) is 1. The predicted octanol–water partition coefficient (Wildman–Crippen LogP) is 0.776. The zero-order chi connectivity index (χ0) is 11.6. The Balaban J connectivity index is 2.05. The third kappa shape index (κ3) is 2.45. The summed E-state index contributed by atoms with van der Waals surface area (Å²) in [6.45, 7) is -1.04. The molecule has 2 aromatic rings. The van der Waals surface area contributed by atoms with E-state index in [1.165, 1.54) is 12.4 Å². The van der Waals surface area contributed by atoms with E-state index in [4.69, 9.17) is 0 Å². The summed E-state index contributed by atoms with van der Waals surface area (Å²) in [5.74, 6) is 0.418. The lowest BCUT2D eigenvalue weighted by Crippen LogP contribution is -2.28. The highest BCUT2D eigenvalue weighted by atomic mass is 19.4. The number of aromatic nitrogens is 4. The molecule has 86 valence electrons. The second-order valence-electron chi connectivity index (χ2n) is 3.14. The molecule has 8 heteroatoms. The molecule has 0 aliphatic heterocycles. The summed E-state index contributed by atoms with van der Waals surface area (Å²) in [6, 6.07) is 0. The molecular weight excluding hydrogens is 223 g/mol. The van der Waals surface area contributed by atoms with Crippen LogP contribution in [0.1, 0.15) is 5.82 Å². The molecule has 2 heterocycles. The Hall–Kier alpha value is -1.70. The number of hydrogen-bond acceptors (Lipinski definition) is 4. The molecule has 0 fully saturated rings. The van der Waals surface area contributed by atoms with Crippen LogP contribution in [0, 0.1) is 0 Å². The summed E-state index contributed by atoms with van der Waals surface area (Å²) >= 11 is 0. The summed E-state index contributed by atoms with van der Waals surface area (Å²) in [4.78, 5) is 3.82. The van der Waals surface area contributed by atoms with E-state index in [9.17, 15) is 13.2 Å². The molecule has 0 radical (unpaired) electrons. The second kappa shape index (κ2) is 4.05. The Morgan fingerprint density at radius 3 is 2.88 bits per heavy atom. The van der Waals surface area contributed by atoms with Gasteiger partial charge in [-0.3, -0.25) is 9.38 Å². The summed E-state index contributed by atoms with van der Waals surface area (Å²) in [5.41, 5.74) is 0.506. The van der Waals surface area contributed by atoms with Gasteiger partial charge < -0.3 is 5.32 Å². The van der Waals surface area contributed by atoms with E-state index in [1.807, 2.05) is 0 Å². The van der Waals surface area contributed by atoms with Crippen molar-refractivity contribution in [3.8, 4) is 0 Å². The van der Waals surface area contributed by atoms with Gasteiger partial charge in [-0.1, -0.05) is 0 Å². The highest BCUT2D eigenvalue weighted by molar-refractivity contribution is 5.33. The van der Waals surface area contributed by atoms with E-state index in [1.54, 1.807) is 10.6 Å². The Morgan fingerprint density at radius 2 is 2.12 bits per heavy atom.